The average molecular weight is 198 g/mol. The average Bonchev–Trinajstić information content (AvgIpc) is 2.06. The second-order valence-electron chi connectivity index (χ2n) is 5.18. The molecule has 0 aromatic carbocycles. The van der Waals surface area contributed by atoms with Crippen molar-refractivity contribution in [1.29, 1.82) is 0 Å². The van der Waals surface area contributed by atoms with Crippen LogP contribution in [0.2, 0.25) is 0 Å². The van der Waals surface area contributed by atoms with Gasteiger partial charge in [0.2, 0.25) is 6.41 Å². The molecule has 1 amide bonds. The van der Waals surface area contributed by atoms with E-state index >= 15 is 0 Å². The maximum absolute atomic E-state index is 10.4. The van der Waals surface area contributed by atoms with Gasteiger partial charge in [-0.3, -0.25) is 4.79 Å². The Bertz CT molecular complexity index is 186. The van der Waals surface area contributed by atoms with E-state index in [1.807, 2.05) is 0 Å². The Labute approximate surface area is 86.6 Å². The molecular weight excluding hydrogens is 176 g/mol. The first kappa shape index (κ1) is 11.5. The quantitative estimate of drug-likeness (QED) is 0.674. The molecule has 0 aliphatic heterocycles. The third-order valence-corrected chi connectivity index (χ3v) is 2.67. The Morgan fingerprint density at radius 1 is 1.14 bits per heavy atom. The number of hydrogen-bond acceptors (Lipinski definition) is 2. The lowest BCUT2D eigenvalue weighted by atomic mass is 9.88. The zero-order chi connectivity index (χ0) is 10.6. The van der Waals surface area contributed by atoms with Crippen LogP contribution < -0.4 is 10.6 Å². The summed E-state index contributed by atoms with van der Waals surface area (Å²) in [6.07, 6.45) is 5.60. The number of carbonyl (C=O) groups is 1. The SMILES string of the molecule is CC(C)(C)NC1CCCCC1NC=O. The predicted octanol–water partition coefficient (Wildman–Crippen LogP) is 1.43. The lowest BCUT2D eigenvalue weighted by molar-refractivity contribution is -0.110. The predicted molar refractivity (Wildman–Crippen MR) is 58.1 cm³/mol. The molecule has 2 atom stereocenters. The fraction of sp³-hybridized carbons (Fsp3) is 0.909. The van der Waals surface area contributed by atoms with E-state index in [0.717, 1.165) is 12.8 Å². The van der Waals surface area contributed by atoms with E-state index in [1.54, 1.807) is 0 Å². The minimum Gasteiger partial charge on any atom is -0.354 e. The number of nitrogens with one attached hydrogen (secondary N) is 2. The lowest BCUT2D eigenvalue weighted by Crippen LogP contribution is -2.55. The molecule has 0 aromatic rings. The van der Waals surface area contributed by atoms with Crippen molar-refractivity contribution in [3.8, 4) is 0 Å². The molecule has 0 aromatic heterocycles. The number of carbonyl (C=O) groups excluding carboxylic acids is 1. The molecule has 82 valence electrons. The van der Waals surface area contributed by atoms with Gasteiger partial charge in [0.1, 0.15) is 0 Å². The Kier molecular flexibility index (Phi) is 3.93. The second kappa shape index (κ2) is 4.78. The van der Waals surface area contributed by atoms with Crippen LogP contribution in [0.1, 0.15) is 46.5 Å². The summed E-state index contributed by atoms with van der Waals surface area (Å²) in [5, 5.41) is 6.49. The molecule has 0 spiro atoms. The maximum atomic E-state index is 10.4. The smallest absolute Gasteiger partial charge is 0.207 e. The standard InChI is InChI=1S/C11H22N2O/c1-11(2,3)13-10-7-5-4-6-9(10)12-8-14/h8-10,13H,4-7H2,1-3H3,(H,12,14). The zero-order valence-electron chi connectivity index (χ0n) is 9.47. The summed E-state index contributed by atoms with van der Waals surface area (Å²) in [7, 11) is 0. The fourth-order valence-electron chi connectivity index (χ4n) is 2.15. The van der Waals surface area contributed by atoms with E-state index in [2.05, 4.69) is 31.4 Å². The van der Waals surface area contributed by atoms with Crippen molar-refractivity contribution in [2.45, 2.75) is 64.1 Å². The van der Waals surface area contributed by atoms with Crippen LogP contribution >= 0.6 is 0 Å². The summed E-state index contributed by atoms with van der Waals surface area (Å²) in [4.78, 5) is 10.4. The molecule has 1 aliphatic carbocycles. The Balaban J connectivity index is 2.49. The van der Waals surface area contributed by atoms with Gasteiger partial charge in [-0.1, -0.05) is 12.8 Å². The number of hydrogen-bond donors (Lipinski definition) is 2. The summed E-state index contributed by atoms with van der Waals surface area (Å²) in [5.41, 5.74) is 0.130. The van der Waals surface area contributed by atoms with Gasteiger partial charge in [0.25, 0.3) is 0 Å². The monoisotopic (exact) mass is 198 g/mol. The van der Waals surface area contributed by atoms with Crippen molar-refractivity contribution < 1.29 is 4.79 Å². The molecule has 0 radical (unpaired) electrons. The summed E-state index contributed by atoms with van der Waals surface area (Å²) < 4.78 is 0. The van der Waals surface area contributed by atoms with Gasteiger partial charge in [0.05, 0.1) is 0 Å². The van der Waals surface area contributed by atoms with E-state index in [0.29, 0.717) is 12.1 Å². The van der Waals surface area contributed by atoms with Crippen LogP contribution in [0.5, 0.6) is 0 Å². The normalized spacial score (nSPS) is 28.5. The van der Waals surface area contributed by atoms with Gasteiger partial charge >= 0.3 is 0 Å². The first-order valence-corrected chi connectivity index (χ1v) is 5.50. The lowest BCUT2D eigenvalue weighted by Gasteiger charge is -2.36. The van der Waals surface area contributed by atoms with E-state index in [9.17, 15) is 4.79 Å². The van der Waals surface area contributed by atoms with Crippen molar-refractivity contribution in [1.82, 2.24) is 10.6 Å². The third kappa shape index (κ3) is 3.66. The molecule has 3 heteroatoms. The van der Waals surface area contributed by atoms with Gasteiger partial charge < -0.3 is 10.6 Å². The Morgan fingerprint density at radius 2 is 1.71 bits per heavy atom. The first-order chi connectivity index (χ1) is 6.53. The topological polar surface area (TPSA) is 41.1 Å². The second-order valence-corrected chi connectivity index (χ2v) is 5.18. The number of amides is 1. The van der Waals surface area contributed by atoms with Crippen LogP contribution in [-0.4, -0.2) is 24.0 Å². The molecule has 0 saturated heterocycles. The first-order valence-electron chi connectivity index (χ1n) is 5.50. The molecule has 1 rings (SSSR count). The fourth-order valence-corrected chi connectivity index (χ4v) is 2.15. The highest BCUT2D eigenvalue weighted by molar-refractivity contribution is 5.46. The van der Waals surface area contributed by atoms with Gasteiger partial charge in [-0.15, -0.1) is 0 Å². The Hall–Kier alpha value is -0.570. The molecule has 1 fully saturated rings. The third-order valence-electron chi connectivity index (χ3n) is 2.67. The van der Waals surface area contributed by atoms with Gasteiger partial charge in [-0.05, 0) is 33.6 Å². The van der Waals surface area contributed by atoms with Crippen molar-refractivity contribution >= 4 is 6.41 Å². The van der Waals surface area contributed by atoms with Crippen LogP contribution in [0, 0.1) is 0 Å². The van der Waals surface area contributed by atoms with Crippen molar-refractivity contribution in [2.75, 3.05) is 0 Å². The summed E-state index contributed by atoms with van der Waals surface area (Å²) in [6, 6.07) is 0.759. The van der Waals surface area contributed by atoms with Gasteiger partial charge in [0.15, 0.2) is 0 Å². The summed E-state index contributed by atoms with van der Waals surface area (Å²) >= 11 is 0. The molecule has 2 unspecified atom stereocenters. The molecular formula is C11H22N2O. The van der Waals surface area contributed by atoms with E-state index < -0.39 is 0 Å². The summed E-state index contributed by atoms with van der Waals surface area (Å²) in [6.45, 7) is 6.50. The van der Waals surface area contributed by atoms with Crippen LogP contribution in [-0.2, 0) is 4.79 Å². The van der Waals surface area contributed by atoms with Gasteiger partial charge in [0, 0.05) is 17.6 Å². The van der Waals surface area contributed by atoms with Crippen LogP contribution in [0.25, 0.3) is 0 Å². The van der Waals surface area contributed by atoms with Crippen molar-refractivity contribution in [2.24, 2.45) is 0 Å². The van der Waals surface area contributed by atoms with Crippen molar-refractivity contribution in [3.05, 3.63) is 0 Å². The van der Waals surface area contributed by atoms with E-state index in [1.165, 1.54) is 19.3 Å². The highest BCUT2D eigenvalue weighted by Crippen LogP contribution is 2.20. The molecule has 3 nitrogen and oxygen atoms in total. The number of rotatable bonds is 3. The highest BCUT2D eigenvalue weighted by atomic mass is 16.1. The van der Waals surface area contributed by atoms with Gasteiger partial charge in [-0.2, -0.15) is 0 Å². The Morgan fingerprint density at radius 3 is 2.21 bits per heavy atom. The molecule has 1 aliphatic rings. The van der Waals surface area contributed by atoms with Crippen LogP contribution in [0.15, 0.2) is 0 Å². The molecule has 0 heterocycles. The van der Waals surface area contributed by atoms with Crippen LogP contribution in [0.3, 0.4) is 0 Å². The minimum absolute atomic E-state index is 0.130. The zero-order valence-corrected chi connectivity index (χ0v) is 9.47. The molecule has 14 heavy (non-hydrogen) atoms. The van der Waals surface area contributed by atoms with E-state index in [-0.39, 0.29) is 5.54 Å². The van der Waals surface area contributed by atoms with Crippen LogP contribution in [0.4, 0.5) is 0 Å². The summed E-state index contributed by atoms with van der Waals surface area (Å²) in [5.74, 6) is 0. The molecule has 1 saturated carbocycles. The largest absolute Gasteiger partial charge is 0.354 e. The minimum atomic E-state index is 0.130. The van der Waals surface area contributed by atoms with Crippen molar-refractivity contribution in [3.63, 3.8) is 0 Å². The maximum Gasteiger partial charge on any atom is 0.207 e. The van der Waals surface area contributed by atoms with Gasteiger partial charge in [-0.25, -0.2) is 0 Å². The molecule has 2 N–H and O–H groups in total. The highest BCUT2D eigenvalue weighted by Gasteiger charge is 2.27. The molecule has 0 bridgehead atoms. The van der Waals surface area contributed by atoms with E-state index in [4.69, 9.17) is 0 Å².